The second kappa shape index (κ2) is 11.4. The zero-order chi connectivity index (χ0) is 31.9. The van der Waals surface area contributed by atoms with Gasteiger partial charge in [0, 0.05) is 29.9 Å². The van der Waals surface area contributed by atoms with E-state index >= 15 is 4.39 Å². The minimum Gasteiger partial charge on any atom is -0.456 e. The van der Waals surface area contributed by atoms with Gasteiger partial charge in [-0.1, -0.05) is 55.8 Å². The van der Waals surface area contributed by atoms with E-state index in [-0.39, 0.29) is 31.8 Å². The number of aryl methyl sites for hydroxylation is 1. The van der Waals surface area contributed by atoms with E-state index < -0.39 is 6.17 Å². The van der Waals surface area contributed by atoms with E-state index in [0.717, 1.165) is 66.7 Å². The molecule has 4 nitrogen and oxygen atoms in total. The maximum absolute atomic E-state index is 16.7. The van der Waals surface area contributed by atoms with E-state index in [0.29, 0.717) is 11.1 Å². The summed E-state index contributed by atoms with van der Waals surface area (Å²) in [5, 5.41) is 2.14. The van der Waals surface area contributed by atoms with Crippen molar-refractivity contribution in [3.05, 3.63) is 167 Å². The average Bonchev–Trinajstić information content (AvgIpc) is 3.65. The van der Waals surface area contributed by atoms with Crippen molar-refractivity contribution in [2.24, 2.45) is 7.05 Å². The Balaban J connectivity index is 0.00000336. The van der Waals surface area contributed by atoms with Gasteiger partial charge in [-0.15, -0.1) is 46.5 Å². The van der Waals surface area contributed by atoms with Gasteiger partial charge in [-0.25, -0.2) is 4.39 Å². The molecule has 3 heterocycles. The normalized spacial score (nSPS) is 15.6. The van der Waals surface area contributed by atoms with Crippen LogP contribution in [-0.4, -0.2) is 14.5 Å². The number of imidazole rings is 1. The zero-order valence-electron chi connectivity index (χ0n) is 26.6. The first-order valence-electron chi connectivity index (χ1n) is 15.9. The summed E-state index contributed by atoms with van der Waals surface area (Å²) in [6, 6.07) is 43.1. The summed E-state index contributed by atoms with van der Waals surface area (Å²) >= 11 is 0. The fraction of sp³-hybridized carbons (Fsp3) is 0.143. The summed E-state index contributed by atoms with van der Waals surface area (Å²) in [5.74, 6) is 0.524. The molecule has 2 unspecified atom stereocenters. The number of alkyl halides is 1. The summed E-state index contributed by atoms with van der Waals surface area (Å²) in [6.45, 7) is 4.45. The fourth-order valence-corrected chi connectivity index (χ4v) is 7.49. The van der Waals surface area contributed by atoms with Crippen molar-refractivity contribution >= 4 is 33.0 Å². The van der Waals surface area contributed by atoms with Gasteiger partial charge in [-0.05, 0) is 59.0 Å². The quantitative estimate of drug-likeness (QED) is 0.135. The van der Waals surface area contributed by atoms with Crippen LogP contribution in [0.25, 0.3) is 44.4 Å². The second-order valence-electron chi connectivity index (χ2n) is 13.0. The first-order chi connectivity index (χ1) is 22.9. The number of hydrogen-bond donors (Lipinski definition) is 0. The fourth-order valence-electron chi connectivity index (χ4n) is 7.49. The van der Waals surface area contributed by atoms with Crippen LogP contribution in [0.3, 0.4) is 0 Å². The first kappa shape index (κ1) is 30.4. The molecule has 1 aliphatic carbocycles. The van der Waals surface area contributed by atoms with Gasteiger partial charge in [-0.3, -0.25) is 9.97 Å². The molecule has 9 rings (SSSR count). The Labute approximate surface area is 291 Å². The molecule has 6 heteroatoms. The van der Waals surface area contributed by atoms with Crippen LogP contribution in [-0.2, 0) is 32.9 Å². The van der Waals surface area contributed by atoms with Crippen LogP contribution in [0.2, 0.25) is 0 Å². The molecule has 0 aliphatic heterocycles. The Bertz CT molecular complexity index is 2500. The Kier molecular flexibility index (Phi) is 7.21. The van der Waals surface area contributed by atoms with Crippen LogP contribution >= 0.6 is 0 Å². The molecular formula is C42H30FN3OPd. The molecule has 0 N–H and O–H groups in total. The molecule has 0 saturated heterocycles. The summed E-state index contributed by atoms with van der Waals surface area (Å²) < 4.78 is 25.0. The number of fused-ring (bicyclic) bond motifs is 6. The number of benzene rings is 5. The molecule has 0 bridgehead atoms. The first-order valence-corrected chi connectivity index (χ1v) is 15.9. The van der Waals surface area contributed by atoms with Gasteiger partial charge in [-0.2, -0.15) is 18.2 Å². The van der Waals surface area contributed by atoms with Crippen LogP contribution in [0.15, 0.2) is 120 Å². The predicted molar refractivity (Wildman–Crippen MR) is 184 cm³/mol. The van der Waals surface area contributed by atoms with Gasteiger partial charge in [0.15, 0.2) is 0 Å². The number of rotatable bonds is 4. The number of furan rings is 1. The molecule has 8 aromatic rings. The van der Waals surface area contributed by atoms with Gasteiger partial charge in [0.2, 0.25) is 0 Å². The average molecular weight is 718 g/mol. The minimum absolute atomic E-state index is 0. The molecule has 5 aromatic carbocycles. The van der Waals surface area contributed by atoms with E-state index in [1.165, 1.54) is 5.56 Å². The van der Waals surface area contributed by atoms with Gasteiger partial charge >= 0.3 is 20.4 Å². The van der Waals surface area contributed by atoms with Crippen molar-refractivity contribution in [1.29, 1.82) is 0 Å². The molecule has 0 radical (unpaired) electrons. The van der Waals surface area contributed by atoms with Crippen molar-refractivity contribution in [1.82, 2.24) is 14.5 Å². The van der Waals surface area contributed by atoms with Crippen LogP contribution in [0.1, 0.15) is 65.0 Å². The van der Waals surface area contributed by atoms with Crippen molar-refractivity contribution in [3.8, 4) is 11.4 Å². The Hall–Kier alpha value is -4.89. The molecule has 0 fully saturated rings. The third kappa shape index (κ3) is 4.59. The van der Waals surface area contributed by atoms with Crippen LogP contribution in [0.5, 0.6) is 0 Å². The number of aromatic nitrogens is 3. The minimum atomic E-state index is -1.43. The predicted octanol–water partition coefficient (Wildman–Crippen LogP) is 10.0. The van der Waals surface area contributed by atoms with Crippen molar-refractivity contribution < 1.29 is 29.2 Å². The molecule has 3 aromatic heterocycles. The maximum Gasteiger partial charge on any atom is 2.00 e. The number of halogens is 1. The Morgan fingerprint density at radius 2 is 1.58 bits per heavy atom. The maximum atomic E-state index is 16.7. The number of pyridine rings is 1. The summed E-state index contributed by atoms with van der Waals surface area (Å²) in [4.78, 5) is 9.65. The van der Waals surface area contributed by atoms with E-state index in [9.17, 15) is 0 Å². The monoisotopic (exact) mass is 717 g/mol. The molecule has 0 saturated carbocycles. The molecule has 0 spiro atoms. The molecular weight excluding hydrogens is 688 g/mol. The van der Waals surface area contributed by atoms with E-state index in [2.05, 4.69) is 56.3 Å². The molecule has 48 heavy (non-hydrogen) atoms. The van der Waals surface area contributed by atoms with Gasteiger partial charge in [0.05, 0.1) is 22.6 Å². The third-order valence-electron chi connectivity index (χ3n) is 9.87. The van der Waals surface area contributed by atoms with E-state index in [1.807, 2.05) is 90.6 Å². The molecule has 2 atom stereocenters. The summed E-state index contributed by atoms with van der Waals surface area (Å²) in [6.07, 6.45) is 0.396. The van der Waals surface area contributed by atoms with E-state index in [1.54, 1.807) is 6.07 Å². The van der Waals surface area contributed by atoms with Gasteiger partial charge in [0.25, 0.3) is 0 Å². The topological polar surface area (TPSA) is 43.9 Å². The van der Waals surface area contributed by atoms with Crippen LogP contribution in [0.4, 0.5) is 4.39 Å². The van der Waals surface area contributed by atoms with Gasteiger partial charge < -0.3 is 8.98 Å². The second-order valence-corrected chi connectivity index (χ2v) is 13.0. The zero-order valence-corrected chi connectivity index (χ0v) is 28.1. The Morgan fingerprint density at radius 3 is 2.42 bits per heavy atom. The molecule has 236 valence electrons. The van der Waals surface area contributed by atoms with E-state index in [4.69, 9.17) is 14.4 Å². The number of nitrogens with zero attached hydrogens (tertiary/aromatic N) is 3. The SMILES string of the molecule is Cn1c(-c2[c-]c(C(F)c3[c-]c4c(cc3)C(C)(C)c3cc5oc6ccccc6c5cc3C4c3ccccn3)ccc2)nc2ccccc21.[Pd+2]. The largest absolute Gasteiger partial charge is 2.00 e. The summed E-state index contributed by atoms with van der Waals surface area (Å²) in [5.41, 5.74) is 10.2. The standard InChI is InChI=1S/C42H30FN3O.Pd/c1-42(2)32-19-18-26(40(43)25-11-10-12-27(21-25)41-45-34-14-5-6-16-36(34)46(41)3)22-30(32)39(35-15-8-9-20-44-35)31-23-29-28-13-4-7-17-37(28)47-38(29)24-33(31)42;/h4-20,23-24,39-40H,1-3H3;/q-2;+2. The van der Waals surface area contributed by atoms with Crippen molar-refractivity contribution in [3.63, 3.8) is 0 Å². The van der Waals surface area contributed by atoms with Crippen LogP contribution in [0, 0.1) is 12.1 Å². The molecule has 1 aliphatic rings. The van der Waals surface area contributed by atoms with Gasteiger partial charge in [0.1, 0.15) is 17.3 Å². The molecule has 0 amide bonds. The Morgan fingerprint density at radius 1 is 0.792 bits per heavy atom. The third-order valence-corrected chi connectivity index (χ3v) is 9.87. The van der Waals surface area contributed by atoms with Crippen molar-refractivity contribution in [2.75, 3.05) is 0 Å². The smallest absolute Gasteiger partial charge is 0.456 e. The number of hydrogen-bond acceptors (Lipinski definition) is 3. The number of para-hydroxylation sites is 3. The van der Waals surface area contributed by atoms with Crippen molar-refractivity contribution in [2.45, 2.75) is 31.4 Å². The van der Waals surface area contributed by atoms with Crippen LogP contribution < -0.4 is 0 Å². The summed E-state index contributed by atoms with van der Waals surface area (Å²) in [7, 11) is 1.98.